The van der Waals surface area contributed by atoms with Gasteiger partial charge in [-0.05, 0) is 25.0 Å². The summed E-state index contributed by atoms with van der Waals surface area (Å²) in [4.78, 5) is 16.6. The molecule has 0 spiro atoms. The second-order valence-electron chi connectivity index (χ2n) is 4.81. The minimum atomic E-state index is -0.224. The van der Waals surface area contributed by atoms with Crippen molar-refractivity contribution in [3.05, 3.63) is 35.8 Å². The lowest BCUT2D eigenvalue weighted by atomic mass is 10.2. The van der Waals surface area contributed by atoms with Crippen molar-refractivity contribution in [2.24, 2.45) is 7.05 Å². The zero-order valence-corrected chi connectivity index (χ0v) is 12.7. The number of amides is 1. The number of aryl methyl sites for hydroxylation is 2. The maximum atomic E-state index is 12.3. The number of nitrogens with zero attached hydrogens (tertiary/aromatic N) is 3. The van der Waals surface area contributed by atoms with E-state index in [0.717, 1.165) is 30.8 Å². The van der Waals surface area contributed by atoms with Crippen molar-refractivity contribution in [3.63, 3.8) is 0 Å². The number of hydrogen-bond acceptors (Lipinski definition) is 4. The summed E-state index contributed by atoms with van der Waals surface area (Å²) in [5.41, 5.74) is 1.99. The van der Waals surface area contributed by atoms with Crippen LogP contribution in [0.25, 0.3) is 0 Å². The van der Waals surface area contributed by atoms with Gasteiger partial charge in [0.15, 0.2) is 0 Å². The molecule has 2 rings (SSSR count). The number of hydrogen-bond donors (Lipinski definition) is 2. The van der Waals surface area contributed by atoms with E-state index in [1.54, 1.807) is 16.9 Å². The Labute approximate surface area is 124 Å². The lowest BCUT2D eigenvalue weighted by Crippen LogP contribution is -2.15. The van der Waals surface area contributed by atoms with Crippen molar-refractivity contribution < 1.29 is 4.79 Å². The number of pyridine rings is 1. The smallest absolute Gasteiger partial charge is 0.274 e. The molecule has 0 saturated heterocycles. The molecule has 0 atom stereocenters. The molecule has 0 radical (unpaired) electrons. The highest BCUT2D eigenvalue weighted by Gasteiger charge is 2.12. The predicted octanol–water partition coefficient (Wildman–Crippen LogP) is 2.45. The van der Waals surface area contributed by atoms with Crippen LogP contribution >= 0.6 is 0 Å². The molecule has 2 heterocycles. The molecule has 6 nitrogen and oxygen atoms in total. The molecule has 0 fully saturated rings. The van der Waals surface area contributed by atoms with Crippen LogP contribution in [0.4, 0.5) is 11.5 Å². The van der Waals surface area contributed by atoms with Gasteiger partial charge >= 0.3 is 0 Å². The van der Waals surface area contributed by atoms with Gasteiger partial charge in [-0.3, -0.25) is 9.48 Å². The zero-order chi connectivity index (χ0) is 15.2. The normalized spacial score (nSPS) is 10.4. The van der Waals surface area contributed by atoms with Gasteiger partial charge in [0.1, 0.15) is 11.5 Å². The SMILES string of the molecule is CCCNc1cccc(C(=O)Nc2cn(C)nc2CC)n1. The minimum Gasteiger partial charge on any atom is -0.370 e. The monoisotopic (exact) mass is 287 g/mol. The van der Waals surface area contributed by atoms with Gasteiger partial charge in [0.25, 0.3) is 5.91 Å². The van der Waals surface area contributed by atoms with Crippen molar-refractivity contribution in [1.29, 1.82) is 0 Å². The highest BCUT2D eigenvalue weighted by molar-refractivity contribution is 6.03. The lowest BCUT2D eigenvalue weighted by molar-refractivity contribution is 0.102. The molecule has 2 aromatic heterocycles. The first-order valence-corrected chi connectivity index (χ1v) is 7.18. The first-order valence-electron chi connectivity index (χ1n) is 7.18. The maximum Gasteiger partial charge on any atom is 0.274 e. The van der Waals surface area contributed by atoms with Gasteiger partial charge in [0, 0.05) is 19.8 Å². The molecule has 112 valence electrons. The molecule has 21 heavy (non-hydrogen) atoms. The van der Waals surface area contributed by atoms with E-state index in [0.29, 0.717) is 11.5 Å². The molecule has 0 saturated carbocycles. The van der Waals surface area contributed by atoms with Crippen molar-refractivity contribution >= 4 is 17.4 Å². The second kappa shape index (κ2) is 6.88. The van der Waals surface area contributed by atoms with Gasteiger partial charge in [0.05, 0.1) is 11.4 Å². The summed E-state index contributed by atoms with van der Waals surface area (Å²) in [5, 5.41) is 10.3. The van der Waals surface area contributed by atoms with Crippen LogP contribution in [0, 0.1) is 0 Å². The second-order valence-corrected chi connectivity index (χ2v) is 4.81. The van der Waals surface area contributed by atoms with Crippen LogP contribution in [0.1, 0.15) is 36.5 Å². The minimum absolute atomic E-state index is 0.224. The molecule has 0 aromatic carbocycles. The molecular weight excluding hydrogens is 266 g/mol. The van der Waals surface area contributed by atoms with Crippen LogP contribution in [0.15, 0.2) is 24.4 Å². The Bertz CT molecular complexity index is 620. The van der Waals surface area contributed by atoms with E-state index < -0.39 is 0 Å². The topological polar surface area (TPSA) is 71.8 Å². The lowest BCUT2D eigenvalue weighted by Gasteiger charge is -2.07. The molecule has 6 heteroatoms. The Morgan fingerprint density at radius 2 is 2.14 bits per heavy atom. The summed E-state index contributed by atoms with van der Waals surface area (Å²) >= 11 is 0. The fourth-order valence-corrected chi connectivity index (χ4v) is 2.00. The third kappa shape index (κ3) is 3.81. The van der Waals surface area contributed by atoms with E-state index in [2.05, 4.69) is 27.6 Å². The molecule has 0 aliphatic carbocycles. The molecule has 0 aliphatic heterocycles. The van der Waals surface area contributed by atoms with Crippen LogP contribution < -0.4 is 10.6 Å². The summed E-state index contributed by atoms with van der Waals surface area (Å²) < 4.78 is 1.70. The molecular formula is C15H21N5O. The number of nitrogens with one attached hydrogen (secondary N) is 2. The third-order valence-electron chi connectivity index (χ3n) is 3.03. The van der Waals surface area contributed by atoms with E-state index in [9.17, 15) is 4.79 Å². The van der Waals surface area contributed by atoms with Gasteiger partial charge in [0.2, 0.25) is 0 Å². The third-order valence-corrected chi connectivity index (χ3v) is 3.03. The number of rotatable bonds is 6. The van der Waals surface area contributed by atoms with Crippen molar-refractivity contribution in [1.82, 2.24) is 14.8 Å². The van der Waals surface area contributed by atoms with Gasteiger partial charge in [-0.25, -0.2) is 4.98 Å². The number of carbonyl (C=O) groups excluding carboxylic acids is 1. The van der Waals surface area contributed by atoms with Crippen LogP contribution in [-0.2, 0) is 13.5 Å². The average molecular weight is 287 g/mol. The van der Waals surface area contributed by atoms with Crippen molar-refractivity contribution in [3.8, 4) is 0 Å². The Hall–Kier alpha value is -2.37. The highest BCUT2D eigenvalue weighted by atomic mass is 16.1. The summed E-state index contributed by atoms with van der Waals surface area (Å²) in [6.07, 6.45) is 3.57. The molecule has 0 unspecified atom stereocenters. The van der Waals surface area contributed by atoms with E-state index in [1.165, 1.54) is 0 Å². The average Bonchev–Trinajstić information content (AvgIpc) is 2.85. The Morgan fingerprint density at radius 1 is 1.33 bits per heavy atom. The molecule has 2 N–H and O–H groups in total. The van der Waals surface area contributed by atoms with Gasteiger partial charge in [-0.1, -0.05) is 19.9 Å². The first kappa shape index (κ1) is 15.0. The van der Waals surface area contributed by atoms with Crippen molar-refractivity contribution in [2.45, 2.75) is 26.7 Å². The van der Waals surface area contributed by atoms with Gasteiger partial charge in [-0.15, -0.1) is 0 Å². The summed E-state index contributed by atoms with van der Waals surface area (Å²) in [7, 11) is 1.84. The number of aromatic nitrogens is 3. The van der Waals surface area contributed by atoms with E-state index in [4.69, 9.17) is 0 Å². The first-order chi connectivity index (χ1) is 10.1. The van der Waals surface area contributed by atoms with E-state index >= 15 is 0 Å². The van der Waals surface area contributed by atoms with Gasteiger partial charge in [-0.2, -0.15) is 5.10 Å². The summed E-state index contributed by atoms with van der Waals surface area (Å²) in [5.74, 6) is 0.490. The Balaban J connectivity index is 2.12. The van der Waals surface area contributed by atoms with E-state index in [-0.39, 0.29) is 5.91 Å². The quantitative estimate of drug-likeness (QED) is 0.856. The van der Waals surface area contributed by atoms with Crippen molar-refractivity contribution in [2.75, 3.05) is 17.2 Å². The number of carbonyl (C=O) groups is 1. The van der Waals surface area contributed by atoms with Crippen LogP contribution in [0.5, 0.6) is 0 Å². The van der Waals surface area contributed by atoms with Crippen LogP contribution in [0.2, 0.25) is 0 Å². The zero-order valence-electron chi connectivity index (χ0n) is 12.7. The molecule has 2 aromatic rings. The van der Waals surface area contributed by atoms with Gasteiger partial charge < -0.3 is 10.6 Å². The Kier molecular flexibility index (Phi) is 4.92. The fraction of sp³-hybridized carbons (Fsp3) is 0.400. The summed E-state index contributed by atoms with van der Waals surface area (Å²) in [6.45, 7) is 4.92. The van der Waals surface area contributed by atoms with Crippen LogP contribution in [0.3, 0.4) is 0 Å². The fourth-order valence-electron chi connectivity index (χ4n) is 2.00. The Morgan fingerprint density at radius 3 is 2.86 bits per heavy atom. The molecule has 1 amide bonds. The largest absolute Gasteiger partial charge is 0.370 e. The molecule has 0 bridgehead atoms. The summed E-state index contributed by atoms with van der Waals surface area (Å²) in [6, 6.07) is 5.38. The molecule has 0 aliphatic rings. The highest BCUT2D eigenvalue weighted by Crippen LogP contribution is 2.15. The maximum absolute atomic E-state index is 12.3. The standard InChI is InChI=1S/C15H21N5O/c1-4-9-16-14-8-6-7-12(17-14)15(21)18-13-10-20(3)19-11(13)5-2/h6-8,10H,4-5,9H2,1-3H3,(H,16,17)(H,18,21). The predicted molar refractivity (Wildman–Crippen MR) is 83.6 cm³/mol. The van der Waals surface area contributed by atoms with E-state index in [1.807, 2.05) is 26.1 Å². The van der Waals surface area contributed by atoms with Crippen LogP contribution in [-0.4, -0.2) is 27.2 Å². The number of anilines is 2.